The minimum atomic E-state index is -0.0270. The third kappa shape index (κ3) is 2.78. The quantitative estimate of drug-likeness (QED) is 0.917. The Balaban J connectivity index is 2.45. The molecule has 112 valence electrons. The molecule has 0 spiro atoms. The smallest absolute Gasteiger partial charge is 0.125 e. The zero-order chi connectivity index (χ0) is 14.9. The van der Waals surface area contributed by atoms with Crippen molar-refractivity contribution in [2.24, 2.45) is 17.6 Å². The van der Waals surface area contributed by atoms with E-state index >= 15 is 0 Å². The molecule has 3 heteroatoms. The molecule has 1 saturated heterocycles. The number of nitrogens with two attached hydrogens (primary N) is 1. The third-order valence-corrected chi connectivity index (χ3v) is 4.63. The molecule has 1 aliphatic heterocycles. The third-order valence-electron chi connectivity index (χ3n) is 4.63. The van der Waals surface area contributed by atoms with E-state index in [2.05, 4.69) is 37.8 Å². The molecule has 0 amide bonds. The molecule has 0 saturated carbocycles. The zero-order valence-corrected chi connectivity index (χ0v) is 13.4. The van der Waals surface area contributed by atoms with Crippen molar-refractivity contribution in [1.82, 2.24) is 0 Å². The number of hydrogen-bond acceptors (Lipinski definition) is 3. The van der Waals surface area contributed by atoms with Crippen LogP contribution in [0.25, 0.3) is 0 Å². The van der Waals surface area contributed by atoms with Crippen LogP contribution in [0, 0.1) is 11.8 Å². The zero-order valence-electron chi connectivity index (χ0n) is 13.4. The first-order valence-electron chi connectivity index (χ1n) is 7.64. The van der Waals surface area contributed by atoms with Crippen LogP contribution in [0.3, 0.4) is 0 Å². The van der Waals surface area contributed by atoms with Gasteiger partial charge in [-0.2, -0.15) is 0 Å². The van der Waals surface area contributed by atoms with Crippen LogP contribution in [0.5, 0.6) is 5.75 Å². The molecule has 0 bridgehead atoms. The Kier molecular flexibility index (Phi) is 4.59. The molecule has 20 heavy (non-hydrogen) atoms. The Morgan fingerprint density at radius 1 is 1.30 bits per heavy atom. The number of nitrogens with zero attached hydrogens (tertiary/aromatic N) is 1. The number of hydrogen-bond donors (Lipinski definition) is 1. The summed E-state index contributed by atoms with van der Waals surface area (Å²) in [5.41, 5.74) is 8.57. The Hall–Kier alpha value is -1.22. The van der Waals surface area contributed by atoms with Crippen LogP contribution in [0.15, 0.2) is 18.2 Å². The molecular weight excluding hydrogens is 248 g/mol. The lowest BCUT2D eigenvalue weighted by molar-refractivity contribution is 0.296. The Bertz CT molecular complexity index is 458. The first-order chi connectivity index (χ1) is 9.45. The molecular formula is C17H28N2O. The second-order valence-electron chi connectivity index (χ2n) is 6.39. The molecule has 0 aliphatic carbocycles. The maximum Gasteiger partial charge on any atom is 0.125 e. The van der Waals surface area contributed by atoms with Gasteiger partial charge < -0.3 is 15.4 Å². The van der Waals surface area contributed by atoms with E-state index < -0.39 is 0 Å². The van der Waals surface area contributed by atoms with Gasteiger partial charge in [0.1, 0.15) is 5.75 Å². The van der Waals surface area contributed by atoms with Gasteiger partial charge in [0.15, 0.2) is 0 Å². The van der Waals surface area contributed by atoms with Gasteiger partial charge in [-0.05, 0) is 44.2 Å². The second kappa shape index (κ2) is 6.04. The lowest BCUT2D eigenvalue weighted by atomic mass is 9.85. The summed E-state index contributed by atoms with van der Waals surface area (Å²) in [5.74, 6) is 2.31. The van der Waals surface area contributed by atoms with Crippen molar-refractivity contribution in [3.63, 3.8) is 0 Å². The van der Waals surface area contributed by atoms with Crippen molar-refractivity contribution in [3.8, 4) is 5.75 Å². The maximum absolute atomic E-state index is 6.21. The van der Waals surface area contributed by atoms with Crippen LogP contribution < -0.4 is 15.4 Å². The Morgan fingerprint density at radius 2 is 2.00 bits per heavy atom. The molecule has 1 aliphatic rings. The predicted octanol–water partition coefficient (Wildman–Crippen LogP) is 3.59. The van der Waals surface area contributed by atoms with Crippen molar-refractivity contribution < 1.29 is 4.74 Å². The molecule has 1 heterocycles. The second-order valence-corrected chi connectivity index (χ2v) is 6.39. The van der Waals surface area contributed by atoms with Crippen LogP contribution in [0.4, 0.5) is 5.69 Å². The van der Waals surface area contributed by atoms with Crippen molar-refractivity contribution in [1.29, 1.82) is 0 Å². The van der Waals surface area contributed by atoms with Gasteiger partial charge in [0.05, 0.1) is 7.11 Å². The van der Waals surface area contributed by atoms with E-state index in [1.165, 1.54) is 12.1 Å². The highest BCUT2D eigenvalue weighted by Crippen LogP contribution is 2.38. The van der Waals surface area contributed by atoms with Crippen LogP contribution >= 0.6 is 0 Å². The summed E-state index contributed by atoms with van der Waals surface area (Å²) in [6.45, 7) is 10.1. The first-order valence-corrected chi connectivity index (χ1v) is 7.64. The lowest BCUT2D eigenvalue weighted by Gasteiger charge is -2.44. The fourth-order valence-electron chi connectivity index (χ4n) is 3.45. The molecule has 2 N–H and O–H groups in total. The maximum atomic E-state index is 6.21. The summed E-state index contributed by atoms with van der Waals surface area (Å²) in [5, 5.41) is 0. The average Bonchev–Trinajstić information content (AvgIpc) is 2.41. The highest BCUT2D eigenvalue weighted by Gasteiger charge is 2.31. The average molecular weight is 276 g/mol. The van der Waals surface area contributed by atoms with E-state index in [4.69, 9.17) is 10.5 Å². The van der Waals surface area contributed by atoms with Gasteiger partial charge in [-0.3, -0.25) is 0 Å². The van der Waals surface area contributed by atoms with E-state index in [9.17, 15) is 0 Å². The van der Waals surface area contributed by atoms with Crippen molar-refractivity contribution in [2.75, 3.05) is 18.6 Å². The number of benzene rings is 1. The number of methoxy groups -OCH3 is 1. The molecule has 1 aromatic carbocycles. The topological polar surface area (TPSA) is 38.5 Å². The summed E-state index contributed by atoms with van der Waals surface area (Å²) in [6, 6.07) is 6.76. The molecule has 1 aromatic rings. The molecule has 0 radical (unpaired) electrons. The standard InChI is InChI=1S/C17H28N2O/c1-11-9-12(2)14(4)19(10-11)15-7-6-8-16(20-5)17(15)13(3)18/h6-8,11-14H,9-10,18H2,1-5H3. The van der Waals surface area contributed by atoms with Gasteiger partial charge in [-0.25, -0.2) is 0 Å². The summed E-state index contributed by atoms with van der Waals surface area (Å²) in [7, 11) is 1.72. The van der Waals surface area contributed by atoms with Gasteiger partial charge >= 0.3 is 0 Å². The molecule has 4 unspecified atom stereocenters. The van der Waals surface area contributed by atoms with E-state index in [0.29, 0.717) is 17.9 Å². The summed E-state index contributed by atoms with van der Waals surface area (Å²) < 4.78 is 5.52. The fourth-order valence-corrected chi connectivity index (χ4v) is 3.45. The Labute approximate surface area is 123 Å². The van der Waals surface area contributed by atoms with E-state index in [1.807, 2.05) is 13.0 Å². The van der Waals surface area contributed by atoms with Gasteiger partial charge in [-0.15, -0.1) is 0 Å². The first kappa shape index (κ1) is 15.2. The highest BCUT2D eigenvalue weighted by molar-refractivity contribution is 5.61. The van der Waals surface area contributed by atoms with Gasteiger partial charge in [0.2, 0.25) is 0 Å². The van der Waals surface area contributed by atoms with Crippen LogP contribution in [-0.4, -0.2) is 19.7 Å². The van der Waals surface area contributed by atoms with Gasteiger partial charge in [0, 0.05) is 29.9 Å². The number of anilines is 1. The number of piperidine rings is 1. The summed E-state index contributed by atoms with van der Waals surface area (Å²) in [4.78, 5) is 2.51. The Morgan fingerprint density at radius 3 is 2.60 bits per heavy atom. The van der Waals surface area contributed by atoms with Crippen LogP contribution in [0.2, 0.25) is 0 Å². The summed E-state index contributed by atoms with van der Waals surface area (Å²) in [6.07, 6.45) is 1.30. The largest absolute Gasteiger partial charge is 0.496 e. The minimum Gasteiger partial charge on any atom is -0.496 e. The van der Waals surface area contributed by atoms with Crippen LogP contribution in [0.1, 0.15) is 45.7 Å². The lowest BCUT2D eigenvalue weighted by Crippen LogP contribution is -2.46. The van der Waals surface area contributed by atoms with E-state index in [1.54, 1.807) is 7.11 Å². The van der Waals surface area contributed by atoms with E-state index in [0.717, 1.165) is 17.9 Å². The van der Waals surface area contributed by atoms with Crippen molar-refractivity contribution in [3.05, 3.63) is 23.8 Å². The monoisotopic (exact) mass is 276 g/mol. The highest BCUT2D eigenvalue weighted by atomic mass is 16.5. The van der Waals surface area contributed by atoms with E-state index in [-0.39, 0.29) is 6.04 Å². The van der Waals surface area contributed by atoms with Gasteiger partial charge in [-0.1, -0.05) is 19.9 Å². The SMILES string of the molecule is COc1cccc(N2CC(C)CC(C)C2C)c1C(C)N. The normalized spacial score (nSPS) is 28.3. The summed E-state index contributed by atoms with van der Waals surface area (Å²) >= 11 is 0. The minimum absolute atomic E-state index is 0.0270. The van der Waals surface area contributed by atoms with Gasteiger partial charge in [0.25, 0.3) is 0 Å². The van der Waals surface area contributed by atoms with Crippen LogP contribution in [-0.2, 0) is 0 Å². The molecule has 2 rings (SSSR count). The molecule has 4 atom stereocenters. The van der Waals surface area contributed by atoms with Crippen molar-refractivity contribution in [2.45, 2.75) is 46.2 Å². The fraction of sp³-hybridized carbons (Fsp3) is 0.647. The molecule has 3 nitrogen and oxygen atoms in total. The predicted molar refractivity (Wildman–Crippen MR) is 85.3 cm³/mol. The molecule has 0 aromatic heterocycles. The number of rotatable bonds is 3. The van der Waals surface area contributed by atoms with Crippen molar-refractivity contribution >= 4 is 5.69 Å². The number of ether oxygens (including phenoxy) is 1. The molecule has 1 fully saturated rings.